The Kier molecular flexibility index (Phi) is 35.4. The fourth-order valence-electron chi connectivity index (χ4n) is 13.8. The second-order valence-corrected chi connectivity index (χ2v) is 29.4. The Morgan fingerprint density at radius 2 is 0.837 bits per heavy atom. The predicted octanol–water partition coefficient (Wildman–Crippen LogP) is -1.79. The zero-order valence-electron chi connectivity index (χ0n) is 67.7. The largest absolute Gasteiger partial charge is 0.502 e. The molecule has 5 aromatic heterocycles. The van der Waals surface area contributed by atoms with Crippen molar-refractivity contribution >= 4 is 94.1 Å². The standard InChI is InChI=1S/C79H100N16O28/c1-42-30-50(63(105)73(115)92(42)38-58(96)86-36-46-13-15-48(16-14-46)67(109)87-57(35-47-34-49-10-5-6-11-54(49)85-37-47)72(114)80-19-8-7-12-55(77(119)120)88-79(123)89-56(78(121)122)17-18-59(97)98)68(110)81-20-26-90(27-21-82-69(111)51-31-43(2)93(39-60(99)100)74(116)64(51)106)24-9-25-91(28-22-83-70(112)52-32-44(3)94(40-61(101)102)75(117)65(52)107)29-23-84-71(113)53-33-45(4)95(41-62(103)104)76(118)66(53)108/h5-6,10-11,30-34,37,46,48,55-57,105-108H,7-9,12-29,35-36,38-41H2,1-4H3,(H,80,114)(H,81,110)(H,82,111)(H,83,112)(H,84,113)(H,86,96)(H,87,109)(H,97,98)(H,99,100)(H,101,102)(H,103,104)(H,119,120)(H,121,122)(H2,88,89,123)/t46?,48?,55-,56-,57-/m0/s1. The van der Waals surface area contributed by atoms with E-state index < -0.39 is 214 Å². The molecule has 1 aromatic carbocycles. The molecule has 44 heteroatoms. The van der Waals surface area contributed by atoms with Crippen LogP contribution in [0.4, 0.5) is 4.79 Å². The molecule has 1 aliphatic carbocycles. The Morgan fingerprint density at radius 1 is 0.439 bits per heavy atom. The van der Waals surface area contributed by atoms with Crippen LogP contribution in [0.2, 0.25) is 0 Å². The highest BCUT2D eigenvalue weighted by atomic mass is 16.4. The molecule has 1 aliphatic rings. The van der Waals surface area contributed by atoms with Gasteiger partial charge in [-0.05, 0) is 146 Å². The third-order valence-corrected chi connectivity index (χ3v) is 20.5. The number of aromatic hydroxyl groups is 4. The first-order valence-corrected chi connectivity index (χ1v) is 39.1. The van der Waals surface area contributed by atoms with Gasteiger partial charge in [-0.1, -0.05) is 18.2 Å². The van der Waals surface area contributed by atoms with Crippen molar-refractivity contribution < 1.29 is 118 Å². The van der Waals surface area contributed by atoms with Gasteiger partial charge in [-0.3, -0.25) is 100 Å². The highest BCUT2D eigenvalue weighted by Gasteiger charge is 2.33. The molecule has 0 aliphatic heterocycles. The lowest BCUT2D eigenvalue weighted by atomic mass is 9.81. The topological polar surface area (TPSA) is 657 Å². The summed E-state index contributed by atoms with van der Waals surface area (Å²) in [5, 5.41) is 123. The van der Waals surface area contributed by atoms with E-state index in [9.17, 15) is 132 Å². The number of fused-ring (bicyclic) bond motifs is 1. The first kappa shape index (κ1) is 96.1. The lowest BCUT2D eigenvalue weighted by Crippen LogP contribution is -2.51. The number of pyridine rings is 5. The first-order chi connectivity index (χ1) is 58.2. The van der Waals surface area contributed by atoms with Crippen molar-refractivity contribution in [3.8, 4) is 23.0 Å². The van der Waals surface area contributed by atoms with Crippen LogP contribution in [0.25, 0.3) is 10.9 Å². The van der Waals surface area contributed by atoms with Gasteiger partial charge in [-0.25, -0.2) is 14.4 Å². The van der Waals surface area contributed by atoms with Gasteiger partial charge in [0.15, 0.2) is 23.0 Å². The van der Waals surface area contributed by atoms with Gasteiger partial charge in [0, 0.05) is 119 Å². The van der Waals surface area contributed by atoms with Crippen molar-refractivity contribution in [1.82, 2.24) is 80.9 Å². The number of carboxylic acid groups (broad SMARTS) is 6. The SMILES string of the molecule is Cc1cc(C(=O)NCCN(CCCN(CCNC(=O)c2cc(C)n(CC(=O)O)c(=O)c2O)CCNC(=O)c2cc(C)n(CC(=O)NCC3CCC(C(=O)N[C@@H](Cc4cnc5ccccc5c4)C(=O)NCCCC[C@H](NC(=O)N[C@@H](CCC(=O)O)C(=O)O)C(=O)O)CC3)c(=O)c2O)CCNC(=O)c2cc(C)n(CC(=O)O)c(=O)c2O)c(O)c(=O)n1CC(=O)O. The van der Waals surface area contributed by atoms with E-state index in [0.29, 0.717) is 36.8 Å². The molecule has 5 heterocycles. The van der Waals surface area contributed by atoms with E-state index in [-0.39, 0.29) is 139 Å². The lowest BCUT2D eigenvalue weighted by molar-refractivity contribution is -0.141. The van der Waals surface area contributed by atoms with E-state index >= 15 is 0 Å². The second-order valence-electron chi connectivity index (χ2n) is 29.4. The number of aromatic nitrogens is 5. The van der Waals surface area contributed by atoms with Gasteiger partial charge in [0.2, 0.25) is 17.7 Å². The minimum Gasteiger partial charge on any atom is -0.502 e. The average molecular weight is 1720 g/mol. The number of carbonyl (C=O) groups is 14. The summed E-state index contributed by atoms with van der Waals surface area (Å²) in [6, 6.07) is 8.33. The number of rotatable bonds is 47. The maximum absolute atomic E-state index is 14.0. The average Bonchev–Trinajstić information content (AvgIpc) is 0.814. The first-order valence-electron chi connectivity index (χ1n) is 39.1. The maximum atomic E-state index is 14.0. The second kappa shape index (κ2) is 45.4. The summed E-state index contributed by atoms with van der Waals surface area (Å²) in [6.07, 6.45) is 2.68. The smallest absolute Gasteiger partial charge is 0.326 e. The van der Waals surface area contributed by atoms with Gasteiger partial charge in [-0.15, -0.1) is 0 Å². The summed E-state index contributed by atoms with van der Waals surface area (Å²) in [5.41, 5.74) is -4.87. The van der Waals surface area contributed by atoms with E-state index in [1.54, 1.807) is 16.0 Å². The predicted molar refractivity (Wildman–Crippen MR) is 432 cm³/mol. The number of hydrogen-bond donors (Lipinski definition) is 19. The van der Waals surface area contributed by atoms with Crippen molar-refractivity contribution in [3.63, 3.8) is 0 Å². The Morgan fingerprint density at radius 3 is 1.24 bits per heavy atom. The Bertz CT molecular complexity index is 5140. The molecular formula is C79H100N16O28. The number of unbranched alkanes of at least 4 members (excludes halogenated alkanes) is 1. The summed E-state index contributed by atoms with van der Waals surface area (Å²) in [6.45, 7) is 2.02. The van der Waals surface area contributed by atoms with Gasteiger partial charge in [0.1, 0.15) is 44.3 Å². The lowest BCUT2D eigenvalue weighted by Gasteiger charge is -2.29. The number of carbonyl (C=O) groups excluding carboxylic acids is 8. The van der Waals surface area contributed by atoms with Gasteiger partial charge >= 0.3 is 41.8 Å². The molecule has 0 bridgehead atoms. The van der Waals surface area contributed by atoms with Gasteiger partial charge in [0.05, 0.1) is 27.8 Å². The minimum absolute atomic E-state index is 0.0124. The maximum Gasteiger partial charge on any atom is 0.326 e. The van der Waals surface area contributed by atoms with Crippen LogP contribution in [0.15, 0.2) is 80.0 Å². The van der Waals surface area contributed by atoms with E-state index in [1.165, 1.54) is 33.8 Å². The number of hydrogen-bond acceptors (Lipinski definition) is 25. The van der Waals surface area contributed by atoms with E-state index in [1.807, 2.05) is 30.3 Å². The van der Waals surface area contributed by atoms with Crippen molar-refractivity contribution in [3.05, 3.63) is 153 Å². The van der Waals surface area contributed by atoms with Crippen molar-refractivity contribution in [2.24, 2.45) is 11.8 Å². The van der Waals surface area contributed by atoms with E-state index in [0.717, 1.165) is 41.9 Å². The highest BCUT2D eigenvalue weighted by molar-refractivity contribution is 5.99. The number of carboxylic acids is 6. The van der Waals surface area contributed by atoms with Crippen molar-refractivity contribution in [1.29, 1.82) is 0 Å². The summed E-state index contributed by atoms with van der Waals surface area (Å²) in [5.74, 6) is -18.5. The Labute approximate surface area is 699 Å². The molecule has 0 unspecified atom stereocenters. The number of aliphatic carboxylic acids is 6. The van der Waals surface area contributed by atoms with Crippen molar-refractivity contribution in [2.45, 2.75) is 143 Å². The third kappa shape index (κ3) is 28.0. The molecular weight excluding hydrogens is 1620 g/mol. The number of urea groups is 1. The Balaban J connectivity index is 0.966. The van der Waals surface area contributed by atoms with Crippen LogP contribution < -0.4 is 70.1 Å². The number of para-hydroxylation sites is 1. The number of aryl methyl sites for hydroxylation is 4. The molecule has 0 radical (unpaired) electrons. The van der Waals surface area contributed by atoms with Gasteiger partial charge in [0.25, 0.3) is 45.9 Å². The normalized spacial score (nSPS) is 13.8. The summed E-state index contributed by atoms with van der Waals surface area (Å²) in [7, 11) is 0. The molecule has 0 spiro atoms. The Hall–Kier alpha value is -14.1. The molecule has 1 saturated carbocycles. The zero-order chi connectivity index (χ0) is 90.6. The monoisotopic (exact) mass is 1720 g/mol. The van der Waals surface area contributed by atoms with Crippen LogP contribution in [0, 0.1) is 39.5 Å². The zero-order valence-corrected chi connectivity index (χ0v) is 67.7. The van der Waals surface area contributed by atoms with Crippen LogP contribution in [0.3, 0.4) is 0 Å². The number of nitrogens with one attached hydrogen (secondary N) is 9. The summed E-state index contributed by atoms with van der Waals surface area (Å²) < 4.78 is 3.20. The molecule has 19 N–H and O–H groups in total. The molecule has 7 rings (SSSR count). The quantitative estimate of drug-likeness (QED) is 0.0188. The van der Waals surface area contributed by atoms with Crippen LogP contribution >= 0.6 is 0 Å². The van der Waals surface area contributed by atoms with E-state index in [4.69, 9.17) is 5.11 Å². The highest BCUT2D eigenvalue weighted by Crippen LogP contribution is 2.29. The number of nitrogens with zero attached hydrogens (tertiary/aromatic N) is 7. The minimum atomic E-state index is -1.60. The number of amides is 9. The molecule has 6 aromatic rings. The molecule has 44 nitrogen and oxygen atoms in total. The molecule has 0 saturated heterocycles. The van der Waals surface area contributed by atoms with Crippen LogP contribution in [-0.2, 0) is 75.8 Å². The van der Waals surface area contributed by atoms with Gasteiger partial charge in [-0.2, -0.15) is 0 Å². The third-order valence-electron chi connectivity index (χ3n) is 20.5. The van der Waals surface area contributed by atoms with E-state index in [2.05, 4.69) is 52.8 Å². The fraction of sp³-hybridized carbons (Fsp3) is 0.456. The van der Waals surface area contributed by atoms with Crippen LogP contribution in [0.1, 0.15) is 134 Å². The summed E-state index contributed by atoms with van der Waals surface area (Å²) >= 11 is 0. The van der Waals surface area contributed by atoms with Crippen molar-refractivity contribution in [2.75, 3.05) is 78.5 Å². The molecule has 3 atom stereocenters. The summed E-state index contributed by atoms with van der Waals surface area (Å²) in [4.78, 5) is 238. The van der Waals surface area contributed by atoms with Crippen LogP contribution in [0.5, 0.6) is 23.0 Å². The number of benzene rings is 1. The molecule has 1 fully saturated rings. The van der Waals surface area contributed by atoms with Gasteiger partial charge < -0.3 is 103 Å². The fourth-order valence-corrected chi connectivity index (χ4v) is 13.8. The van der Waals surface area contributed by atoms with Crippen LogP contribution in [-0.4, -0.2) is 264 Å². The molecule has 123 heavy (non-hydrogen) atoms. The molecule has 664 valence electrons. The molecule has 9 amide bonds.